The first kappa shape index (κ1) is 17.2. The molecule has 0 radical (unpaired) electrons. The van der Waals surface area contributed by atoms with E-state index < -0.39 is 0 Å². The summed E-state index contributed by atoms with van der Waals surface area (Å²) in [5.41, 5.74) is 10.1. The van der Waals surface area contributed by atoms with Crippen LogP contribution < -0.4 is 34.3 Å². The Morgan fingerprint density at radius 3 is 2.77 bits per heavy atom. The van der Waals surface area contributed by atoms with Crippen LogP contribution in [-0.4, -0.2) is 4.98 Å². The normalized spacial score (nSPS) is 10.7. The first-order valence-corrected chi connectivity index (χ1v) is 7.73. The minimum atomic E-state index is 0. The molecule has 2 N–H and O–H groups in total. The molecule has 3 rings (SSSR count). The quantitative estimate of drug-likeness (QED) is 0.348. The summed E-state index contributed by atoms with van der Waals surface area (Å²) in [7, 11) is 0. The van der Waals surface area contributed by atoms with E-state index >= 15 is 0 Å². The van der Waals surface area contributed by atoms with Crippen LogP contribution in [0.15, 0.2) is 39.5 Å². The second-order valence-corrected chi connectivity index (χ2v) is 6.10. The highest BCUT2D eigenvalue weighted by molar-refractivity contribution is 9.10. The fraction of sp³-hybridized carbons (Fsp3) is 0.250. The molecule has 0 aliphatic carbocycles. The number of aromatic nitrogens is 2. The van der Waals surface area contributed by atoms with Gasteiger partial charge in [-0.05, 0) is 46.6 Å². The number of nitrogens with two attached hydrogens (primary N) is 1. The van der Waals surface area contributed by atoms with Crippen molar-refractivity contribution < 1.29 is 33.0 Å². The molecule has 0 unspecified atom stereocenters. The summed E-state index contributed by atoms with van der Waals surface area (Å²) in [5.74, 6) is 0.616. The van der Waals surface area contributed by atoms with Crippen molar-refractivity contribution in [2.45, 2.75) is 26.8 Å². The van der Waals surface area contributed by atoms with E-state index in [2.05, 4.69) is 44.8 Å². The molecule has 4 nitrogen and oxygen atoms in total. The average molecular weight is 474 g/mol. The number of anilines is 1. The van der Waals surface area contributed by atoms with Crippen molar-refractivity contribution in [3.8, 4) is 11.5 Å². The molecule has 0 saturated carbocycles. The van der Waals surface area contributed by atoms with Crippen molar-refractivity contribution in [2.75, 3.05) is 5.73 Å². The van der Waals surface area contributed by atoms with Gasteiger partial charge in [-0.25, -0.2) is 9.55 Å². The predicted molar refractivity (Wildman–Crippen MR) is 86.8 cm³/mol. The number of hydrogen-bond acceptors (Lipinski definition) is 3. The monoisotopic (exact) mass is 473 g/mol. The van der Waals surface area contributed by atoms with Crippen LogP contribution in [0.25, 0.3) is 22.6 Å². The Kier molecular flexibility index (Phi) is 5.44. The number of aryl methyl sites for hydroxylation is 2. The molecule has 0 fully saturated rings. The number of fused-ring (bicyclic) bond motifs is 1. The van der Waals surface area contributed by atoms with Crippen LogP contribution in [0.2, 0.25) is 0 Å². The van der Waals surface area contributed by atoms with Gasteiger partial charge in [0.15, 0.2) is 18.0 Å². The summed E-state index contributed by atoms with van der Waals surface area (Å²) in [6.45, 7) is 5.09. The number of pyridine rings is 1. The van der Waals surface area contributed by atoms with Gasteiger partial charge < -0.3 is 34.1 Å². The molecule has 6 heteroatoms. The molecule has 22 heavy (non-hydrogen) atoms. The summed E-state index contributed by atoms with van der Waals surface area (Å²) in [6, 6.07) is 5.75. The summed E-state index contributed by atoms with van der Waals surface area (Å²) < 4.78 is 9.07. The first-order chi connectivity index (χ1) is 10.1. The zero-order chi connectivity index (χ0) is 15.0. The van der Waals surface area contributed by atoms with Gasteiger partial charge in [-0.15, -0.1) is 0 Å². The maximum Gasteiger partial charge on any atom is 0.233 e. The van der Waals surface area contributed by atoms with Crippen molar-refractivity contribution in [3.63, 3.8) is 0 Å². The van der Waals surface area contributed by atoms with Gasteiger partial charge in [0.2, 0.25) is 5.89 Å². The van der Waals surface area contributed by atoms with Gasteiger partial charge in [0.25, 0.3) is 0 Å². The number of rotatable bonds is 3. The number of halogens is 2. The van der Waals surface area contributed by atoms with Crippen LogP contribution in [0.4, 0.5) is 5.69 Å². The van der Waals surface area contributed by atoms with Crippen molar-refractivity contribution >= 4 is 32.7 Å². The topological polar surface area (TPSA) is 55.9 Å². The van der Waals surface area contributed by atoms with Gasteiger partial charge in [0.05, 0.1) is 4.47 Å². The molecule has 0 spiro atoms. The Labute approximate surface area is 154 Å². The van der Waals surface area contributed by atoms with Crippen molar-refractivity contribution in [3.05, 3.63) is 40.6 Å². The van der Waals surface area contributed by atoms with Crippen LogP contribution in [0.1, 0.15) is 18.9 Å². The lowest BCUT2D eigenvalue weighted by Gasteiger charge is -1.98. The lowest BCUT2D eigenvalue weighted by molar-refractivity contribution is -0.697. The second kappa shape index (κ2) is 6.95. The molecule has 3 aromatic rings. The predicted octanol–water partition coefficient (Wildman–Crippen LogP) is 0.849. The molecule has 116 valence electrons. The SMILES string of the molecule is CCC[n+]1cc(Br)cc(-c2nc3cc(N)cc(C)c3o2)c1.[I-]. The lowest BCUT2D eigenvalue weighted by atomic mass is 10.2. The van der Waals surface area contributed by atoms with E-state index in [9.17, 15) is 0 Å². The average Bonchev–Trinajstić information content (AvgIpc) is 2.82. The van der Waals surface area contributed by atoms with Crippen LogP contribution in [0, 0.1) is 6.92 Å². The van der Waals surface area contributed by atoms with E-state index in [1.165, 1.54) is 0 Å². The number of nitrogen functional groups attached to an aromatic ring is 1. The third-order valence-corrected chi connectivity index (χ3v) is 3.75. The maximum atomic E-state index is 5.93. The Balaban J connectivity index is 0.00000176. The van der Waals surface area contributed by atoms with Crippen LogP contribution in [-0.2, 0) is 6.54 Å². The van der Waals surface area contributed by atoms with Crippen LogP contribution in [0.3, 0.4) is 0 Å². The Bertz CT molecular complexity index is 817. The van der Waals surface area contributed by atoms with Gasteiger partial charge in [-0.2, -0.15) is 0 Å². The fourth-order valence-corrected chi connectivity index (χ4v) is 2.96. The molecule has 2 heterocycles. The summed E-state index contributed by atoms with van der Waals surface area (Å²) in [6.07, 6.45) is 5.18. The molecule has 0 amide bonds. The minimum absolute atomic E-state index is 0. The zero-order valence-corrected chi connectivity index (χ0v) is 16.2. The molecule has 0 aliphatic heterocycles. The van der Waals surface area contributed by atoms with E-state index in [4.69, 9.17) is 10.2 Å². The fourth-order valence-electron chi connectivity index (χ4n) is 2.45. The van der Waals surface area contributed by atoms with Crippen LogP contribution >= 0.6 is 15.9 Å². The number of oxazole rings is 1. The number of nitrogens with zero attached hydrogens (tertiary/aromatic N) is 2. The molecule has 0 bridgehead atoms. The van der Waals surface area contributed by atoms with E-state index in [1.807, 2.05) is 25.1 Å². The standard InChI is InChI=1S/C16H17BrN3O.HI/c1-3-4-20-8-11(6-12(17)9-20)16-19-14-7-13(18)5-10(2)15(14)21-16;/h5-9H,3-4,18H2,1-2H3;1H/q+1;/p-1. The smallest absolute Gasteiger partial charge is 0.233 e. The minimum Gasteiger partial charge on any atom is -1.00 e. The highest BCUT2D eigenvalue weighted by atomic mass is 127. The van der Waals surface area contributed by atoms with Crippen molar-refractivity contribution in [1.82, 2.24) is 4.98 Å². The molecular formula is C16H17BrIN3O. The first-order valence-electron chi connectivity index (χ1n) is 6.93. The van der Waals surface area contributed by atoms with Gasteiger partial charge in [0.1, 0.15) is 17.6 Å². The molecule has 0 saturated heterocycles. The second-order valence-electron chi connectivity index (χ2n) is 5.19. The van der Waals surface area contributed by atoms with Gasteiger partial charge >= 0.3 is 0 Å². The van der Waals surface area contributed by atoms with Gasteiger partial charge in [-0.3, -0.25) is 0 Å². The molecule has 2 aromatic heterocycles. The lowest BCUT2D eigenvalue weighted by Crippen LogP contribution is -3.00. The largest absolute Gasteiger partial charge is 1.00 e. The van der Waals surface area contributed by atoms with Gasteiger partial charge in [-0.1, -0.05) is 6.92 Å². The number of hydrogen-bond donors (Lipinski definition) is 1. The van der Waals surface area contributed by atoms with E-state index in [1.54, 1.807) is 0 Å². The number of benzene rings is 1. The highest BCUT2D eigenvalue weighted by Crippen LogP contribution is 2.28. The molecular weight excluding hydrogens is 457 g/mol. The van der Waals surface area contributed by atoms with E-state index in [-0.39, 0.29) is 24.0 Å². The Morgan fingerprint density at radius 1 is 1.27 bits per heavy atom. The highest BCUT2D eigenvalue weighted by Gasteiger charge is 2.15. The van der Waals surface area contributed by atoms with Crippen molar-refractivity contribution in [1.29, 1.82) is 0 Å². The third kappa shape index (κ3) is 3.43. The van der Waals surface area contributed by atoms with Crippen LogP contribution in [0.5, 0.6) is 0 Å². The zero-order valence-electron chi connectivity index (χ0n) is 12.4. The summed E-state index contributed by atoms with van der Waals surface area (Å²) >= 11 is 3.54. The third-order valence-electron chi connectivity index (χ3n) is 3.31. The maximum absolute atomic E-state index is 5.93. The summed E-state index contributed by atoms with van der Waals surface area (Å²) in [4.78, 5) is 4.57. The Hall–Kier alpha value is -1.15. The molecule has 0 aliphatic rings. The van der Waals surface area contributed by atoms with E-state index in [0.717, 1.165) is 39.7 Å². The molecule has 1 aromatic carbocycles. The van der Waals surface area contributed by atoms with E-state index in [0.29, 0.717) is 11.6 Å². The molecule has 0 atom stereocenters. The Morgan fingerprint density at radius 2 is 2.05 bits per heavy atom. The summed E-state index contributed by atoms with van der Waals surface area (Å²) in [5, 5.41) is 0. The van der Waals surface area contributed by atoms with Crippen molar-refractivity contribution in [2.24, 2.45) is 0 Å². The van der Waals surface area contributed by atoms with Gasteiger partial charge in [0, 0.05) is 12.1 Å².